The van der Waals surface area contributed by atoms with Gasteiger partial charge in [-0.1, -0.05) is 42.5 Å². The molecule has 96 valence electrons. The average molecular weight is 251 g/mol. The predicted molar refractivity (Wildman–Crippen MR) is 80.2 cm³/mol. The third-order valence-electron chi connectivity index (χ3n) is 3.07. The summed E-state index contributed by atoms with van der Waals surface area (Å²) in [6, 6.07) is 17.1. The summed E-state index contributed by atoms with van der Waals surface area (Å²) in [5, 5.41) is 2.96. The number of hydrogen-bond acceptors (Lipinski definition) is 1. The van der Waals surface area contributed by atoms with Gasteiger partial charge in [-0.2, -0.15) is 0 Å². The largest absolute Gasteiger partial charge is 0.321 e. The van der Waals surface area contributed by atoms with Gasteiger partial charge in [0, 0.05) is 16.8 Å². The van der Waals surface area contributed by atoms with Crippen molar-refractivity contribution in [2.24, 2.45) is 0 Å². The van der Waals surface area contributed by atoms with Crippen molar-refractivity contribution >= 4 is 17.2 Å². The molecule has 1 N–H and O–H groups in total. The Labute approximate surface area is 113 Å². The molecular weight excluding hydrogens is 234 g/mol. The number of carbonyl (C=O) groups excluding carboxylic acids is 1. The van der Waals surface area contributed by atoms with Crippen molar-refractivity contribution in [3.05, 3.63) is 71.8 Å². The number of benzene rings is 2. The Balaban J connectivity index is 2.27. The van der Waals surface area contributed by atoms with Crippen LogP contribution in [0, 0.1) is 0 Å². The number of rotatable bonds is 3. The van der Waals surface area contributed by atoms with Crippen molar-refractivity contribution in [1.82, 2.24) is 0 Å². The van der Waals surface area contributed by atoms with Gasteiger partial charge in [-0.15, -0.1) is 0 Å². The Morgan fingerprint density at radius 2 is 1.63 bits per heavy atom. The first-order valence-corrected chi connectivity index (χ1v) is 6.31. The minimum atomic E-state index is -0.0862. The van der Waals surface area contributed by atoms with Crippen LogP contribution in [0.25, 0.3) is 5.57 Å². The molecule has 2 nitrogen and oxygen atoms in total. The molecule has 0 aliphatic rings. The van der Waals surface area contributed by atoms with Gasteiger partial charge in [-0.05, 0) is 37.6 Å². The highest BCUT2D eigenvalue weighted by Crippen LogP contribution is 2.23. The fraction of sp³-hybridized carbons (Fsp3) is 0.118. The molecule has 0 aliphatic heterocycles. The Hall–Kier alpha value is -2.35. The van der Waals surface area contributed by atoms with E-state index in [1.54, 1.807) is 12.1 Å². The van der Waals surface area contributed by atoms with Gasteiger partial charge in [0.15, 0.2) is 0 Å². The fourth-order valence-electron chi connectivity index (χ4n) is 1.88. The number of allylic oxidation sites excluding steroid dienone is 2. The molecule has 2 heteroatoms. The Morgan fingerprint density at radius 1 is 1.00 bits per heavy atom. The van der Waals surface area contributed by atoms with Crippen LogP contribution in [0.3, 0.4) is 0 Å². The lowest BCUT2D eigenvalue weighted by atomic mass is 10.0. The van der Waals surface area contributed by atoms with Crippen molar-refractivity contribution in [3.63, 3.8) is 0 Å². The lowest BCUT2D eigenvalue weighted by molar-refractivity contribution is 0.102. The summed E-state index contributed by atoms with van der Waals surface area (Å²) in [5.74, 6) is -0.0862. The topological polar surface area (TPSA) is 29.1 Å². The number of hydrogen-bond donors (Lipinski definition) is 1. The quantitative estimate of drug-likeness (QED) is 0.862. The zero-order valence-corrected chi connectivity index (χ0v) is 11.2. The van der Waals surface area contributed by atoms with Gasteiger partial charge in [0.1, 0.15) is 0 Å². The zero-order valence-electron chi connectivity index (χ0n) is 11.2. The average Bonchev–Trinajstić information content (AvgIpc) is 2.48. The summed E-state index contributed by atoms with van der Waals surface area (Å²) < 4.78 is 0. The third-order valence-corrected chi connectivity index (χ3v) is 3.07. The molecule has 0 aromatic heterocycles. The minimum Gasteiger partial charge on any atom is -0.321 e. The van der Waals surface area contributed by atoms with Crippen molar-refractivity contribution in [3.8, 4) is 0 Å². The summed E-state index contributed by atoms with van der Waals surface area (Å²) in [6.45, 7) is 4.03. The Kier molecular flexibility index (Phi) is 4.14. The molecule has 2 aromatic rings. The predicted octanol–water partition coefficient (Wildman–Crippen LogP) is 4.36. The fourth-order valence-corrected chi connectivity index (χ4v) is 1.88. The lowest BCUT2D eigenvalue weighted by Gasteiger charge is -2.11. The van der Waals surface area contributed by atoms with Crippen LogP contribution in [-0.4, -0.2) is 5.91 Å². The van der Waals surface area contributed by atoms with Crippen LogP contribution in [-0.2, 0) is 0 Å². The maximum atomic E-state index is 12.1. The molecular formula is C17H17NO. The number of carbonyl (C=O) groups is 1. The van der Waals surface area contributed by atoms with E-state index in [2.05, 4.69) is 5.32 Å². The second-order valence-electron chi connectivity index (χ2n) is 4.34. The molecule has 0 heterocycles. The van der Waals surface area contributed by atoms with Gasteiger partial charge >= 0.3 is 0 Å². The first kappa shape index (κ1) is 13.1. The summed E-state index contributed by atoms with van der Waals surface area (Å²) in [5.41, 5.74) is 3.70. The van der Waals surface area contributed by atoms with Crippen LogP contribution in [0.5, 0.6) is 0 Å². The van der Waals surface area contributed by atoms with Crippen LogP contribution in [0.15, 0.2) is 60.7 Å². The molecule has 0 radical (unpaired) electrons. The zero-order chi connectivity index (χ0) is 13.7. The molecule has 0 atom stereocenters. The van der Waals surface area contributed by atoms with Crippen molar-refractivity contribution in [2.45, 2.75) is 13.8 Å². The van der Waals surface area contributed by atoms with E-state index in [4.69, 9.17) is 0 Å². The number of nitrogens with one attached hydrogen (secondary N) is 1. The summed E-state index contributed by atoms with van der Waals surface area (Å²) in [6.07, 6.45) is 2.04. The highest BCUT2D eigenvalue weighted by atomic mass is 16.1. The third kappa shape index (κ3) is 3.10. The van der Waals surface area contributed by atoms with Crippen LogP contribution in [0.2, 0.25) is 0 Å². The summed E-state index contributed by atoms with van der Waals surface area (Å²) >= 11 is 0. The molecule has 1 amide bonds. The van der Waals surface area contributed by atoms with Crippen LogP contribution in [0.1, 0.15) is 29.8 Å². The van der Waals surface area contributed by atoms with Crippen molar-refractivity contribution in [1.29, 1.82) is 0 Å². The van der Waals surface area contributed by atoms with Gasteiger partial charge < -0.3 is 5.32 Å². The second-order valence-corrected chi connectivity index (χ2v) is 4.34. The first-order chi connectivity index (χ1) is 9.22. The van der Waals surface area contributed by atoms with E-state index in [0.717, 1.165) is 16.8 Å². The Morgan fingerprint density at radius 3 is 2.32 bits per heavy atom. The molecule has 0 bridgehead atoms. The molecule has 0 aliphatic carbocycles. The van der Waals surface area contributed by atoms with E-state index >= 15 is 0 Å². The van der Waals surface area contributed by atoms with E-state index in [9.17, 15) is 4.79 Å². The monoisotopic (exact) mass is 251 g/mol. The minimum absolute atomic E-state index is 0.0862. The molecule has 0 saturated heterocycles. The maximum absolute atomic E-state index is 12.1. The van der Waals surface area contributed by atoms with E-state index in [0.29, 0.717) is 5.56 Å². The van der Waals surface area contributed by atoms with Crippen LogP contribution in [0.4, 0.5) is 5.69 Å². The van der Waals surface area contributed by atoms with Crippen LogP contribution < -0.4 is 5.32 Å². The van der Waals surface area contributed by atoms with Crippen LogP contribution >= 0.6 is 0 Å². The van der Waals surface area contributed by atoms with Gasteiger partial charge in [0.05, 0.1) is 0 Å². The highest BCUT2D eigenvalue weighted by molar-refractivity contribution is 6.05. The van der Waals surface area contributed by atoms with E-state index in [1.807, 2.05) is 62.4 Å². The molecule has 0 fully saturated rings. The van der Waals surface area contributed by atoms with Gasteiger partial charge in [0.25, 0.3) is 5.91 Å². The molecule has 19 heavy (non-hydrogen) atoms. The van der Waals surface area contributed by atoms with E-state index in [-0.39, 0.29) is 5.91 Å². The van der Waals surface area contributed by atoms with E-state index < -0.39 is 0 Å². The normalized spacial score (nSPS) is 11.2. The molecule has 2 rings (SSSR count). The molecule has 2 aromatic carbocycles. The second kappa shape index (κ2) is 6.01. The SMILES string of the molecule is C/C=C(\C)c1ccccc1NC(=O)c1ccccc1. The highest BCUT2D eigenvalue weighted by Gasteiger charge is 2.08. The summed E-state index contributed by atoms with van der Waals surface area (Å²) in [4.78, 5) is 12.1. The van der Waals surface area contributed by atoms with Gasteiger partial charge in [-0.3, -0.25) is 4.79 Å². The van der Waals surface area contributed by atoms with Crippen molar-refractivity contribution in [2.75, 3.05) is 5.32 Å². The summed E-state index contributed by atoms with van der Waals surface area (Å²) in [7, 11) is 0. The molecule has 0 spiro atoms. The number of anilines is 1. The first-order valence-electron chi connectivity index (χ1n) is 6.31. The van der Waals surface area contributed by atoms with Gasteiger partial charge in [-0.25, -0.2) is 0 Å². The van der Waals surface area contributed by atoms with E-state index in [1.165, 1.54) is 0 Å². The molecule has 0 saturated carbocycles. The lowest BCUT2D eigenvalue weighted by Crippen LogP contribution is -2.12. The number of amides is 1. The molecule has 0 unspecified atom stereocenters. The number of para-hydroxylation sites is 1. The Bertz CT molecular complexity index is 600. The smallest absolute Gasteiger partial charge is 0.255 e. The van der Waals surface area contributed by atoms with Gasteiger partial charge in [0.2, 0.25) is 0 Å². The standard InChI is InChI=1S/C17H17NO/c1-3-13(2)15-11-7-8-12-16(15)18-17(19)14-9-5-4-6-10-14/h3-12H,1-2H3,(H,18,19)/b13-3+. The maximum Gasteiger partial charge on any atom is 0.255 e. The van der Waals surface area contributed by atoms with Crippen molar-refractivity contribution < 1.29 is 4.79 Å².